The summed E-state index contributed by atoms with van der Waals surface area (Å²) in [7, 11) is 0. The molecule has 12 nitrogen and oxygen atoms in total. The molecule has 0 atom stereocenters. The molecule has 0 bridgehead atoms. The SMILES string of the molecule is CC(=O)Nc1ccc(OCCOCCOCCOCCOCCOCCOCCOCCOc2ccccc2N)cc1. The highest BCUT2D eigenvalue weighted by Gasteiger charge is 2.00. The van der Waals surface area contributed by atoms with Crippen molar-refractivity contribution in [2.24, 2.45) is 0 Å². The maximum atomic E-state index is 11.0. The maximum Gasteiger partial charge on any atom is 0.221 e. The molecule has 236 valence electrons. The quantitative estimate of drug-likeness (QED) is 0.117. The highest BCUT2D eigenvalue weighted by molar-refractivity contribution is 5.88. The number of ether oxygens (including phenoxy) is 9. The number of nitrogen functional groups attached to an aromatic ring is 1. The van der Waals surface area contributed by atoms with Gasteiger partial charge in [-0.15, -0.1) is 0 Å². The average molecular weight is 595 g/mol. The van der Waals surface area contributed by atoms with Crippen LogP contribution in [0.1, 0.15) is 6.92 Å². The monoisotopic (exact) mass is 594 g/mol. The number of hydrogen-bond donors (Lipinski definition) is 2. The average Bonchev–Trinajstić information content (AvgIpc) is 2.98. The second-order valence-electron chi connectivity index (χ2n) is 8.73. The van der Waals surface area contributed by atoms with Crippen LogP contribution in [-0.2, 0) is 38.0 Å². The fourth-order valence-corrected chi connectivity index (χ4v) is 3.30. The van der Waals surface area contributed by atoms with Crippen molar-refractivity contribution in [1.29, 1.82) is 0 Å². The zero-order chi connectivity index (χ0) is 29.9. The molecule has 3 N–H and O–H groups in total. The van der Waals surface area contributed by atoms with Crippen LogP contribution >= 0.6 is 0 Å². The highest BCUT2D eigenvalue weighted by Crippen LogP contribution is 2.19. The first-order chi connectivity index (χ1) is 20.6. The molecule has 0 radical (unpaired) electrons. The van der Waals surface area contributed by atoms with E-state index in [1.807, 2.05) is 18.2 Å². The summed E-state index contributed by atoms with van der Waals surface area (Å²) in [6, 6.07) is 14.5. The largest absolute Gasteiger partial charge is 0.491 e. The summed E-state index contributed by atoms with van der Waals surface area (Å²) in [6.07, 6.45) is 0. The predicted molar refractivity (Wildman–Crippen MR) is 158 cm³/mol. The van der Waals surface area contributed by atoms with Crippen LogP contribution in [0.4, 0.5) is 11.4 Å². The van der Waals surface area contributed by atoms with Crippen molar-refractivity contribution in [1.82, 2.24) is 0 Å². The van der Waals surface area contributed by atoms with Gasteiger partial charge in [-0.1, -0.05) is 12.1 Å². The Morgan fingerprint density at radius 3 is 1.33 bits per heavy atom. The molecule has 2 aromatic carbocycles. The molecule has 1 amide bonds. The molecule has 2 aromatic rings. The van der Waals surface area contributed by atoms with Gasteiger partial charge in [-0.3, -0.25) is 4.79 Å². The van der Waals surface area contributed by atoms with Crippen molar-refractivity contribution in [3.63, 3.8) is 0 Å². The Balaban J connectivity index is 1.21. The van der Waals surface area contributed by atoms with Gasteiger partial charge in [-0.25, -0.2) is 0 Å². The number of carbonyl (C=O) groups excluding carboxylic acids is 1. The van der Waals surface area contributed by atoms with E-state index >= 15 is 0 Å². The lowest BCUT2D eigenvalue weighted by molar-refractivity contribution is -0.114. The fraction of sp³-hybridized carbons (Fsp3) is 0.567. The third kappa shape index (κ3) is 19.2. The number of para-hydroxylation sites is 2. The van der Waals surface area contributed by atoms with Gasteiger partial charge in [0.15, 0.2) is 0 Å². The van der Waals surface area contributed by atoms with Crippen LogP contribution in [0.3, 0.4) is 0 Å². The molecule has 42 heavy (non-hydrogen) atoms. The van der Waals surface area contributed by atoms with Crippen LogP contribution in [0.5, 0.6) is 11.5 Å². The van der Waals surface area contributed by atoms with E-state index < -0.39 is 0 Å². The molecule has 0 spiro atoms. The molecule has 12 heteroatoms. The van der Waals surface area contributed by atoms with Crippen LogP contribution in [0.15, 0.2) is 48.5 Å². The number of carbonyl (C=O) groups is 1. The Labute approximate surface area is 248 Å². The second-order valence-corrected chi connectivity index (χ2v) is 8.73. The van der Waals surface area contributed by atoms with E-state index in [0.29, 0.717) is 117 Å². The molecule has 0 aliphatic carbocycles. The summed E-state index contributed by atoms with van der Waals surface area (Å²) in [5, 5.41) is 2.71. The molecular formula is C30H46N2O10. The minimum absolute atomic E-state index is 0.108. The van der Waals surface area contributed by atoms with Crippen molar-refractivity contribution >= 4 is 17.3 Å². The Morgan fingerprint density at radius 1 is 0.548 bits per heavy atom. The standard InChI is InChI=1S/C30H46N2O10/c1-26(33)32-27-6-8-28(9-7-27)41-24-22-39-20-18-37-16-14-35-12-10-34-11-13-36-15-17-38-19-21-40-23-25-42-30-5-3-2-4-29(30)31/h2-9H,10-25,31H2,1H3,(H,32,33). The third-order valence-corrected chi connectivity index (χ3v) is 5.31. The van der Waals surface area contributed by atoms with Gasteiger partial charge in [0, 0.05) is 12.6 Å². The van der Waals surface area contributed by atoms with Gasteiger partial charge in [0.2, 0.25) is 5.91 Å². The number of rotatable bonds is 27. The summed E-state index contributed by atoms with van der Waals surface area (Å²) >= 11 is 0. The summed E-state index contributed by atoms with van der Waals surface area (Å²) in [5.74, 6) is 1.28. The molecule has 0 unspecified atom stereocenters. The number of nitrogens with two attached hydrogens (primary N) is 1. The van der Waals surface area contributed by atoms with Crippen LogP contribution in [0, 0.1) is 0 Å². The van der Waals surface area contributed by atoms with Crippen LogP contribution in [0.2, 0.25) is 0 Å². The van der Waals surface area contributed by atoms with Crippen molar-refractivity contribution < 1.29 is 47.4 Å². The second kappa shape index (κ2) is 24.6. The van der Waals surface area contributed by atoms with Gasteiger partial charge in [0.1, 0.15) is 24.7 Å². The predicted octanol–water partition coefficient (Wildman–Crippen LogP) is 2.80. The molecule has 0 fully saturated rings. The Morgan fingerprint density at radius 2 is 0.929 bits per heavy atom. The summed E-state index contributed by atoms with van der Waals surface area (Å²) in [5.41, 5.74) is 7.16. The van der Waals surface area contributed by atoms with Gasteiger partial charge < -0.3 is 53.7 Å². The van der Waals surface area contributed by atoms with Crippen molar-refractivity contribution in [3.05, 3.63) is 48.5 Å². The first-order valence-electron chi connectivity index (χ1n) is 14.2. The minimum Gasteiger partial charge on any atom is -0.491 e. The molecule has 0 saturated carbocycles. The number of amides is 1. The molecule has 2 rings (SSSR count). The lowest BCUT2D eigenvalue weighted by Crippen LogP contribution is -2.15. The van der Waals surface area contributed by atoms with Gasteiger partial charge in [0.05, 0.1) is 98.2 Å². The van der Waals surface area contributed by atoms with Gasteiger partial charge in [-0.05, 0) is 36.4 Å². The van der Waals surface area contributed by atoms with E-state index in [4.69, 9.17) is 48.4 Å². The molecule has 0 aliphatic heterocycles. The number of anilines is 2. The maximum absolute atomic E-state index is 11.0. The van der Waals surface area contributed by atoms with Crippen molar-refractivity contribution in [2.45, 2.75) is 6.92 Å². The van der Waals surface area contributed by atoms with Gasteiger partial charge in [-0.2, -0.15) is 0 Å². The van der Waals surface area contributed by atoms with Crippen LogP contribution < -0.4 is 20.5 Å². The zero-order valence-electron chi connectivity index (χ0n) is 24.6. The zero-order valence-corrected chi connectivity index (χ0v) is 24.6. The summed E-state index contributed by atoms with van der Waals surface area (Å²) < 4.78 is 49.4. The van der Waals surface area contributed by atoms with Crippen molar-refractivity contribution in [3.8, 4) is 11.5 Å². The lowest BCUT2D eigenvalue weighted by Gasteiger charge is -2.10. The van der Waals surface area contributed by atoms with E-state index in [1.165, 1.54) is 6.92 Å². The summed E-state index contributed by atoms with van der Waals surface area (Å²) in [4.78, 5) is 11.0. The minimum atomic E-state index is -0.108. The topological polar surface area (TPSA) is 138 Å². The number of nitrogens with one attached hydrogen (secondary N) is 1. The van der Waals surface area contributed by atoms with E-state index in [0.717, 1.165) is 11.4 Å². The Kier molecular flexibility index (Phi) is 20.6. The molecule has 0 aromatic heterocycles. The Bertz CT molecular complexity index is 933. The third-order valence-electron chi connectivity index (χ3n) is 5.31. The smallest absolute Gasteiger partial charge is 0.221 e. The van der Waals surface area contributed by atoms with E-state index in [9.17, 15) is 4.79 Å². The Hall–Kier alpha value is -2.97. The van der Waals surface area contributed by atoms with Gasteiger partial charge >= 0.3 is 0 Å². The normalized spacial score (nSPS) is 11.0. The molecule has 0 heterocycles. The summed E-state index contributed by atoms with van der Waals surface area (Å²) in [6.45, 7) is 9.19. The number of benzene rings is 2. The first-order valence-corrected chi connectivity index (χ1v) is 14.2. The van der Waals surface area contributed by atoms with E-state index in [2.05, 4.69) is 5.32 Å². The van der Waals surface area contributed by atoms with Crippen molar-refractivity contribution in [2.75, 3.05) is 117 Å². The molecular weight excluding hydrogens is 548 g/mol. The van der Waals surface area contributed by atoms with Crippen LogP contribution in [0.25, 0.3) is 0 Å². The van der Waals surface area contributed by atoms with Crippen LogP contribution in [-0.4, -0.2) is 112 Å². The number of hydrogen-bond acceptors (Lipinski definition) is 11. The van der Waals surface area contributed by atoms with Gasteiger partial charge in [0.25, 0.3) is 0 Å². The van der Waals surface area contributed by atoms with E-state index in [-0.39, 0.29) is 5.91 Å². The first kappa shape index (κ1) is 35.2. The fourth-order valence-electron chi connectivity index (χ4n) is 3.30. The van der Waals surface area contributed by atoms with E-state index in [1.54, 1.807) is 30.3 Å². The molecule has 0 saturated heterocycles. The molecule has 0 aliphatic rings. The lowest BCUT2D eigenvalue weighted by atomic mass is 10.3. The highest BCUT2D eigenvalue weighted by atomic mass is 16.6.